The number of alkyl halides is 3. The zero-order valence-corrected chi connectivity index (χ0v) is 19.6. The van der Waals surface area contributed by atoms with E-state index in [9.17, 15) is 22.4 Å². The lowest BCUT2D eigenvalue weighted by Gasteiger charge is -2.39. The number of benzene rings is 1. The molecule has 0 aliphatic carbocycles. The van der Waals surface area contributed by atoms with E-state index < -0.39 is 35.6 Å². The molecule has 0 saturated carbocycles. The Balaban J connectivity index is 1.87. The molecule has 1 saturated heterocycles. The van der Waals surface area contributed by atoms with Crippen molar-refractivity contribution >= 4 is 11.8 Å². The number of allylic oxidation sites excluding steroid dienone is 1. The number of piperidine rings is 1. The quantitative estimate of drug-likeness (QED) is 0.301. The third-order valence-corrected chi connectivity index (χ3v) is 5.79. The van der Waals surface area contributed by atoms with Crippen molar-refractivity contribution in [1.29, 1.82) is 0 Å². The van der Waals surface area contributed by atoms with Crippen LogP contribution in [0.15, 0.2) is 65.8 Å². The summed E-state index contributed by atoms with van der Waals surface area (Å²) in [4.78, 5) is 27.3. The maximum atomic E-state index is 13.9. The molecule has 1 fully saturated rings. The van der Waals surface area contributed by atoms with Crippen LogP contribution >= 0.6 is 0 Å². The molecular formula is C25H26F4N4O2. The van der Waals surface area contributed by atoms with E-state index >= 15 is 0 Å². The van der Waals surface area contributed by atoms with E-state index in [0.29, 0.717) is 42.5 Å². The molecule has 10 heteroatoms. The van der Waals surface area contributed by atoms with Gasteiger partial charge in [0.25, 0.3) is 5.91 Å². The van der Waals surface area contributed by atoms with Crippen LogP contribution in [0.4, 0.5) is 17.6 Å². The molecule has 1 amide bonds. The minimum Gasteiger partial charge on any atom is -0.470 e. The minimum absolute atomic E-state index is 0.276. The minimum atomic E-state index is -4.60. The van der Waals surface area contributed by atoms with Gasteiger partial charge in [0, 0.05) is 36.3 Å². The number of likely N-dealkylation sites (tertiary alicyclic amines) is 1. The van der Waals surface area contributed by atoms with Crippen LogP contribution in [0, 0.1) is 6.92 Å². The summed E-state index contributed by atoms with van der Waals surface area (Å²) in [5, 5.41) is 0. The number of carbonyl (C=O) groups is 1. The van der Waals surface area contributed by atoms with Crippen LogP contribution in [-0.4, -0.2) is 51.5 Å². The second-order valence-corrected chi connectivity index (χ2v) is 8.26. The van der Waals surface area contributed by atoms with Crippen LogP contribution in [0.2, 0.25) is 0 Å². The highest BCUT2D eigenvalue weighted by Crippen LogP contribution is 2.29. The van der Waals surface area contributed by atoms with Gasteiger partial charge in [-0.15, -0.1) is 0 Å². The normalized spacial score (nSPS) is 19.5. The average Bonchev–Trinajstić information content (AvgIpc) is 2.81. The number of nitrogens with zero attached hydrogens (tertiary/aromatic N) is 4. The van der Waals surface area contributed by atoms with Crippen molar-refractivity contribution < 1.29 is 27.1 Å². The number of aliphatic imine (C=N–C) groups is 1. The van der Waals surface area contributed by atoms with E-state index in [1.54, 1.807) is 42.4 Å². The molecule has 2 aromatic rings. The molecule has 0 N–H and O–H groups in total. The van der Waals surface area contributed by atoms with Gasteiger partial charge in [-0.3, -0.25) is 4.79 Å². The molecule has 35 heavy (non-hydrogen) atoms. The Labute approximate surface area is 201 Å². The Morgan fingerprint density at radius 3 is 2.57 bits per heavy atom. The van der Waals surface area contributed by atoms with E-state index in [4.69, 9.17) is 4.74 Å². The van der Waals surface area contributed by atoms with Gasteiger partial charge in [0.15, 0.2) is 11.7 Å². The van der Waals surface area contributed by atoms with Gasteiger partial charge in [-0.25, -0.2) is 19.4 Å². The molecule has 0 unspecified atom stereocenters. The lowest BCUT2D eigenvalue weighted by atomic mass is 9.95. The Morgan fingerprint density at radius 2 is 1.94 bits per heavy atom. The van der Waals surface area contributed by atoms with Crippen molar-refractivity contribution in [2.75, 3.05) is 6.54 Å². The highest BCUT2D eigenvalue weighted by atomic mass is 19.4. The largest absolute Gasteiger partial charge is 0.470 e. The number of amides is 1. The molecule has 3 rings (SSSR count). The first-order valence-corrected chi connectivity index (χ1v) is 11.0. The van der Waals surface area contributed by atoms with Crippen LogP contribution < -0.4 is 0 Å². The van der Waals surface area contributed by atoms with Gasteiger partial charge in [-0.05, 0) is 51.3 Å². The van der Waals surface area contributed by atoms with E-state index in [0.717, 1.165) is 12.5 Å². The first kappa shape index (κ1) is 26.1. The summed E-state index contributed by atoms with van der Waals surface area (Å²) in [7, 11) is 0. The Hall–Kier alpha value is -3.56. The SMILES string of the molecule is C=C(F)/C(=N\C=C(/C)C(F)(F)F)O[C@@H]1CCCN(C(=O)c2cccc(C)c2-c2ncccn2)[C@H]1C. The van der Waals surface area contributed by atoms with Gasteiger partial charge >= 0.3 is 6.18 Å². The van der Waals surface area contributed by atoms with Crippen molar-refractivity contribution in [3.8, 4) is 11.4 Å². The number of hydrogen-bond acceptors (Lipinski definition) is 5. The van der Waals surface area contributed by atoms with Gasteiger partial charge < -0.3 is 9.64 Å². The number of carbonyl (C=O) groups excluding carboxylic acids is 1. The van der Waals surface area contributed by atoms with Crippen LogP contribution in [-0.2, 0) is 4.74 Å². The summed E-state index contributed by atoms with van der Waals surface area (Å²) in [5.74, 6) is -1.61. The van der Waals surface area contributed by atoms with Crippen molar-refractivity contribution in [2.45, 2.75) is 51.9 Å². The molecule has 1 aromatic heterocycles. The van der Waals surface area contributed by atoms with Crippen molar-refractivity contribution in [1.82, 2.24) is 14.9 Å². The van der Waals surface area contributed by atoms with E-state index in [1.165, 1.54) is 0 Å². The first-order chi connectivity index (χ1) is 16.5. The second kappa shape index (κ2) is 10.8. The summed E-state index contributed by atoms with van der Waals surface area (Å²) in [5.41, 5.74) is 0.842. The summed E-state index contributed by atoms with van der Waals surface area (Å²) in [6.45, 7) is 7.97. The second-order valence-electron chi connectivity index (χ2n) is 8.26. The molecule has 0 spiro atoms. The fourth-order valence-electron chi connectivity index (χ4n) is 3.81. The standard InChI is InChI=1S/C25H26F4N4O2/c1-15-8-5-9-19(21(15)22-30-11-7-12-31-22)24(34)33-13-6-10-20(18(33)4)35-23(17(3)26)32-14-16(2)25(27,28)29/h5,7-9,11-12,14,18,20H,3,6,10,13H2,1-2,4H3/b16-14+,32-23+/t18-,20+/m0/s1. The topological polar surface area (TPSA) is 67.7 Å². The predicted octanol–water partition coefficient (Wildman–Crippen LogP) is 5.81. The summed E-state index contributed by atoms with van der Waals surface area (Å²) in [6.07, 6.45) is -0.599. The van der Waals surface area contributed by atoms with Gasteiger partial charge in [0.1, 0.15) is 6.10 Å². The monoisotopic (exact) mass is 490 g/mol. The fraction of sp³-hybridized carbons (Fsp3) is 0.360. The number of aromatic nitrogens is 2. The third kappa shape index (κ3) is 6.12. The Morgan fingerprint density at radius 1 is 1.26 bits per heavy atom. The molecule has 1 aromatic carbocycles. The zero-order chi connectivity index (χ0) is 25.8. The molecule has 2 atom stereocenters. The van der Waals surface area contributed by atoms with Crippen LogP contribution in [0.25, 0.3) is 11.4 Å². The first-order valence-electron chi connectivity index (χ1n) is 11.0. The smallest absolute Gasteiger partial charge is 0.413 e. The van der Waals surface area contributed by atoms with Gasteiger partial charge in [-0.1, -0.05) is 18.7 Å². The fourth-order valence-corrected chi connectivity index (χ4v) is 3.81. The molecule has 1 aliphatic rings. The van der Waals surface area contributed by atoms with Crippen LogP contribution in [0.3, 0.4) is 0 Å². The number of hydrogen-bond donors (Lipinski definition) is 0. The van der Waals surface area contributed by atoms with Gasteiger partial charge in [0.2, 0.25) is 5.90 Å². The van der Waals surface area contributed by atoms with E-state index in [2.05, 4.69) is 21.5 Å². The molecule has 0 bridgehead atoms. The average molecular weight is 491 g/mol. The summed E-state index contributed by atoms with van der Waals surface area (Å²) in [6, 6.07) is 6.49. The van der Waals surface area contributed by atoms with Gasteiger partial charge in [0.05, 0.1) is 11.6 Å². The van der Waals surface area contributed by atoms with Crippen molar-refractivity contribution in [3.63, 3.8) is 0 Å². The third-order valence-electron chi connectivity index (χ3n) is 5.79. The molecule has 0 radical (unpaired) electrons. The molecule has 2 heterocycles. The van der Waals surface area contributed by atoms with Crippen molar-refractivity contribution in [2.24, 2.45) is 4.99 Å². The van der Waals surface area contributed by atoms with Crippen LogP contribution in [0.5, 0.6) is 0 Å². The number of aryl methyl sites for hydroxylation is 1. The molecular weight excluding hydrogens is 464 g/mol. The Bertz CT molecular complexity index is 1150. The maximum Gasteiger partial charge on any atom is 0.413 e. The number of halogens is 4. The molecule has 186 valence electrons. The molecule has 6 nitrogen and oxygen atoms in total. The van der Waals surface area contributed by atoms with Crippen LogP contribution in [0.1, 0.15) is 42.6 Å². The lowest BCUT2D eigenvalue weighted by molar-refractivity contribution is -0.0915. The highest BCUT2D eigenvalue weighted by molar-refractivity contribution is 6.01. The maximum absolute atomic E-state index is 13.9. The van der Waals surface area contributed by atoms with E-state index in [1.807, 2.05) is 13.0 Å². The summed E-state index contributed by atoms with van der Waals surface area (Å²) < 4.78 is 57.8. The number of ether oxygens (including phenoxy) is 1. The lowest BCUT2D eigenvalue weighted by Crippen LogP contribution is -2.51. The predicted molar refractivity (Wildman–Crippen MR) is 124 cm³/mol. The zero-order valence-electron chi connectivity index (χ0n) is 19.6. The highest BCUT2D eigenvalue weighted by Gasteiger charge is 2.35. The van der Waals surface area contributed by atoms with Crippen molar-refractivity contribution in [3.05, 3.63) is 72.0 Å². The summed E-state index contributed by atoms with van der Waals surface area (Å²) >= 11 is 0. The van der Waals surface area contributed by atoms with E-state index in [-0.39, 0.29) is 5.91 Å². The Kier molecular flexibility index (Phi) is 8.03. The van der Waals surface area contributed by atoms with Gasteiger partial charge in [-0.2, -0.15) is 13.2 Å². The number of rotatable bonds is 5. The molecule has 1 aliphatic heterocycles.